The molecule has 0 saturated heterocycles. The Morgan fingerprint density at radius 2 is 1.67 bits per heavy atom. The van der Waals surface area contributed by atoms with Gasteiger partial charge in [0.2, 0.25) is 11.8 Å². The van der Waals surface area contributed by atoms with Gasteiger partial charge in [0.25, 0.3) is 0 Å². The molecule has 0 unspecified atom stereocenters. The number of hydrogen-bond donors (Lipinski definition) is 1. The van der Waals surface area contributed by atoms with Crippen LogP contribution in [-0.2, 0) is 28.3 Å². The number of thioether (sulfide) groups is 1. The molecule has 0 spiro atoms. The van der Waals surface area contributed by atoms with Crippen LogP contribution in [0.3, 0.4) is 0 Å². The number of amides is 2. The molecule has 0 aliphatic heterocycles. The van der Waals surface area contributed by atoms with Gasteiger partial charge in [-0.05, 0) is 54.3 Å². The summed E-state index contributed by atoms with van der Waals surface area (Å²) in [7, 11) is 0. The highest BCUT2D eigenvalue weighted by atomic mass is 79.9. The van der Waals surface area contributed by atoms with E-state index in [0.29, 0.717) is 18.7 Å². The van der Waals surface area contributed by atoms with Gasteiger partial charge in [-0.2, -0.15) is 0 Å². The van der Waals surface area contributed by atoms with Gasteiger partial charge in [0.1, 0.15) is 11.9 Å². The van der Waals surface area contributed by atoms with E-state index in [0.717, 1.165) is 27.6 Å². The molecule has 7 heteroatoms. The van der Waals surface area contributed by atoms with E-state index >= 15 is 0 Å². The summed E-state index contributed by atoms with van der Waals surface area (Å²) in [6.45, 7) is 4.31. The lowest BCUT2D eigenvalue weighted by Crippen LogP contribution is -2.52. The van der Waals surface area contributed by atoms with Crippen LogP contribution in [0.15, 0.2) is 83.3 Å². The van der Waals surface area contributed by atoms with Gasteiger partial charge in [-0.1, -0.05) is 77.5 Å². The molecule has 0 heterocycles. The number of carbonyl (C=O) groups is 2. The molecule has 1 N–H and O–H groups in total. The average molecular weight is 572 g/mol. The van der Waals surface area contributed by atoms with Crippen molar-refractivity contribution in [2.45, 2.75) is 51.1 Å². The van der Waals surface area contributed by atoms with Gasteiger partial charge in [0.05, 0.1) is 5.75 Å². The number of hydrogen-bond acceptors (Lipinski definition) is 3. The Morgan fingerprint density at radius 1 is 0.972 bits per heavy atom. The second-order valence-electron chi connectivity index (χ2n) is 8.79. The van der Waals surface area contributed by atoms with E-state index in [-0.39, 0.29) is 29.4 Å². The van der Waals surface area contributed by atoms with E-state index in [4.69, 9.17) is 0 Å². The lowest BCUT2D eigenvalue weighted by molar-refractivity contribution is -0.139. The zero-order chi connectivity index (χ0) is 25.9. The van der Waals surface area contributed by atoms with E-state index in [9.17, 15) is 14.0 Å². The van der Waals surface area contributed by atoms with Gasteiger partial charge in [-0.25, -0.2) is 4.39 Å². The third-order valence-corrected chi connectivity index (χ3v) is 7.40. The maximum atomic E-state index is 13.6. The summed E-state index contributed by atoms with van der Waals surface area (Å²) < 4.78 is 14.1. The van der Waals surface area contributed by atoms with E-state index in [1.807, 2.05) is 68.4 Å². The first-order chi connectivity index (χ1) is 17.4. The highest BCUT2D eigenvalue weighted by Crippen LogP contribution is 2.20. The third kappa shape index (κ3) is 8.79. The second kappa shape index (κ2) is 14.2. The molecular formula is C29H32BrFN2O2S. The minimum atomic E-state index is -0.653. The van der Waals surface area contributed by atoms with Gasteiger partial charge < -0.3 is 10.2 Å². The normalized spacial score (nSPS) is 12.6. The molecule has 3 aromatic rings. The molecule has 0 radical (unpaired) electrons. The number of nitrogens with zero attached hydrogens (tertiary/aromatic N) is 1. The Morgan fingerprint density at radius 3 is 2.33 bits per heavy atom. The van der Waals surface area contributed by atoms with Gasteiger partial charge in [-0.3, -0.25) is 9.59 Å². The predicted molar refractivity (Wildman–Crippen MR) is 149 cm³/mol. The van der Waals surface area contributed by atoms with Crippen molar-refractivity contribution in [3.63, 3.8) is 0 Å². The fourth-order valence-electron chi connectivity index (χ4n) is 3.75. The van der Waals surface area contributed by atoms with Gasteiger partial charge >= 0.3 is 0 Å². The van der Waals surface area contributed by atoms with Crippen LogP contribution in [0.1, 0.15) is 37.0 Å². The Balaban J connectivity index is 1.85. The first-order valence-corrected chi connectivity index (χ1v) is 14.0. The van der Waals surface area contributed by atoms with Crippen LogP contribution in [0.2, 0.25) is 0 Å². The molecule has 2 amide bonds. The van der Waals surface area contributed by atoms with Crippen molar-refractivity contribution in [1.29, 1.82) is 0 Å². The summed E-state index contributed by atoms with van der Waals surface area (Å²) in [5.41, 5.74) is 2.88. The van der Waals surface area contributed by atoms with Crippen LogP contribution >= 0.6 is 27.7 Å². The molecule has 0 aromatic heterocycles. The lowest BCUT2D eigenvalue weighted by atomic mass is 10.0. The first-order valence-electron chi connectivity index (χ1n) is 12.1. The summed E-state index contributed by atoms with van der Waals surface area (Å²) in [6, 6.07) is 23.2. The number of rotatable bonds is 12. The summed E-state index contributed by atoms with van der Waals surface area (Å²) in [5.74, 6) is 0.255. The quantitative estimate of drug-likeness (QED) is 0.275. The van der Waals surface area contributed by atoms with Crippen molar-refractivity contribution in [2.75, 3.05) is 5.75 Å². The molecule has 0 aliphatic carbocycles. The monoisotopic (exact) mass is 570 g/mol. The van der Waals surface area contributed by atoms with Crippen LogP contribution in [0.25, 0.3) is 0 Å². The van der Waals surface area contributed by atoms with Crippen molar-refractivity contribution in [3.05, 3.63) is 106 Å². The van der Waals surface area contributed by atoms with E-state index < -0.39 is 6.04 Å². The second-order valence-corrected chi connectivity index (χ2v) is 10.7. The summed E-state index contributed by atoms with van der Waals surface area (Å²) in [4.78, 5) is 28.8. The van der Waals surface area contributed by atoms with E-state index in [1.54, 1.807) is 17.0 Å². The van der Waals surface area contributed by atoms with Crippen LogP contribution in [-0.4, -0.2) is 34.6 Å². The summed E-state index contributed by atoms with van der Waals surface area (Å²) >= 11 is 4.97. The highest BCUT2D eigenvalue weighted by Gasteiger charge is 2.30. The lowest BCUT2D eigenvalue weighted by Gasteiger charge is -2.32. The Hall–Kier alpha value is -2.64. The van der Waals surface area contributed by atoms with Crippen molar-refractivity contribution in [3.8, 4) is 0 Å². The summed E-state index contributed by atoms with van der Waals surface area (Å²) in [6.07, 6.45) is 1.22. The minimum absolute atomic E-state index is 0.00597. The molecule has 4 nitrogen and oxygen atoms in total. The van der Waals surface area contributed by atoms with Gasteiger partial charge in [0.15, 0.2) is 0 Å². The molecule has 0 saturated carbocycles. The minimum Gasteiger partial charge on any atom is -0.352 e. The largest absolute Gasteiger partial charge is 0.352 e. The predicted octanol–water partition coefficient (Wildman–Crippen LogP) is 6.38. The van der Waals surface area contributed by atoms with Crippen molar-refractivity contribution < 1.29 is 14.0 Å². The van der Waals surface area contributed by atoms with Crippen molar-refractivity contribution >= 4 is 39.5 Å². The maximum Gasteiger partial charge on any atom is 0.243 e. The van der Waals surface area contributed by atoms with E-state index in [2.05, 4.69) is 21.2 Å². The molecule has 190 valence electrons. The van der Waals surface area contributed by atoms with Crippen LogP contribution < -0.4 is 5.32 Å². The van der Waals surface area contributed by atoms with Gasteiger partial charge in [0, 0.05) is 29.2 Å². The molecular weight excluding hydrogens is 539 g/mol. The molecule has 0 aliphatic rings. The van der Waals surface area contributed by atoms with E-state index in [1.165, 1.54) is 23.9 Å². The third-order valence-electron chi connectivity index (χ3n) is 5.92. The summed E-state index contributed by atoms with van der Waals surface area (Å²) in [5, 5.41) is 3.09. The standard InChI is InChI=1S/C29H32BrFN2O2S/c1-3-21(2)32-29(35)27(17-22-8-5-4-6-9-22)33(18-24-10-7-11-25(30)16-24)28(34)20-36-19-23-12-14-26(31)15-13-23/h4-16,21,27H,3,17-20H2,1-2H3,(H,32,35)/t21-,27-/m1/s1. The topological polar surface area (TPSA) is 49.4 Å². The SMILES string of the molecule is CC[C@@H](C)NC(=O)[C@@H](Cc1ccccc1)N(Cc1cccc(Br)c1)C(=O)CSCc1ccc(F)cc1. The fraction of sp³-hybridized carbons (Fsp3) is 0.310. The Bertz CT molecular complexity index is 1130. The fourth-order valence-corrected chi connectivity index (χ4v) is 5.06. The maximum absolute atomic E-state index is 13.6. The number of benzene rings is 3. The highest BCUT2D eigenvalue weighted by molar-refractivity contribution is 9.10. The molecule has 36 heavy (non-hydrogen) atoms. The smallest absolute Gasteiger partial charge is 0.243 e. The zero-order valence-electron chi connectivity index (χ0n) is 20.6. The van der Waals surface area contributed by atoms with Crippen molar-refractivity contribution in [1.82, 2.24) is 10.2 Å². The molecule has 0 bridgehead atoms. The molecule has 3 aromatic carbocycles. The van der Waals surface area contributed by atoms with Gasteiger partial charge in [-0.15, -0.1) is 11.8 Å². The first kappa shape index (κ1) is 27.9. The number of nitrogens with one attached hydrogen (secondary N) is 1. The van der Waals surface area contributed by atoms with Crippen LogP contribution in [0.5, 0.6) is 0 Å². The Labute approximate surface area is 225 Å². The van der Waals surface area contributed by atoms with Crippen molar-refractivity contribution in [2.24, 2.45) is 0 Å². The molecule has 0 fully saturated rings. The zero-order valence-corrected chi connectivity index (χ0v) is 23.0. The number of carbonyl (C=O) groups excluding carboxylic acids is 2. The average Bonchev–Trinajstić information content (AvgIpc) is 2.87. The van der Waals surface area contributed by atoms with Crippen LogP contribution in [0.4, 0.5) is 4.39 Å². The molecule has 2 atom stereocenters. The van der Waals surface area contributed by atoms with Crippen LogP contribution in [0, 0.1) is 5.82 Å². The Kier molecular flexibility index (Phi) is 11.0. The molecule has 3 rings (SSSR count). The number of halogens is 2.